The van der Waals surface area contributed by atoms with E-state index in [2.05, 4.69) is 32.0 Å². The van der Waals surface area contributed by atoms with Crippen LogP contribution in [0.4, 0.5) is 5.69 Å². The number of hydrogen-bond donors (Lipinski definition) is 1. The summed E-state index contributed by atoms with van der Waals surface area (Å²) >= 11 is 0. The van der Waals surface area contributed by atoms with Gasteiger partial charge in [0.05, 0.1) is 18.5 Å². The molecule has 0 saturated heterocycles. The predicted octanol–water partition coefficient (Wildman–Crippen LogP) is 5.55. The first kappa shape index (κ1) is 22.4. The van der Waals surface area contributed by atoms with Crippen LogP contribution < -0.4 is 10.5 Å². The number of hydrogen-bond acceptors (Lipinski definition) is 5. The van der Waals surface area contributed by atoms with Gasteiger partial charge in [-0.15, -0.1) is 0 Å². The number of esters is 1. The van der Waals surface area contributed by atoms with Gasteiger partial charge >= 0.3 is 5.97 Å². The molecule has 0 atom stereocenters. The number of carbonyl (C=O) groups is 1. The summed E-state index contributed by atoms with van der Waals surface area (Å²) in [6.45, 7) is 6.67. The molecule has 0 fully saturated rings. The van der Waals surface area contributed by atoms with Crippen LogP contribution in [-0.4, -0.2) is 22.4 Å². The van der Waals surface area contributed by atoms with Gasteiger partial charge in [-0.3, -0.25) is 9.48 Å². The van der Waals surface area contributed by atoms with Crippen LogP contribution in [-0.2, 0) is 22.6 Å². The minimum absolute atomic E-state index is 0.173. The molecule has 0 aliphatic rings. The lowest BCUT2D eigenvalue weighted by Crippen LogP contribution is -2.09. The molecule has 170 valence electrons. The second kappa shape index (κ2) is 9.77. The SMILES string of the molecule is CCOC(=O)Cc1ccccc1OCc1nn(C(C)C)c2ccc(-c3ccc(N)cc3)cc12. The lowest BCUT2D eigenvalue weighted by atomic mass is 10.0. The number of nitrogens with zero attached hydrogens (tertiary/aromatic N) is 2. The van der Waals surface area contributed by atoms with E-state index in [1.165, 1.54) is 0 Å². The van der Waals surface area contributed by atoms with E-state index in [4.69, 9.17) is 20.3 Å². The minimum Gasteiger partial charge on any atom is -0.487 e. The number of ether oxygens (including phenoxy) is 2. The summed E-state index contributed by atoms with van der Waals surface area (Å²) in [7, 11) is 0. The van der Waals surface area contributed by atoms with Crippen LogP contribution in [0.15, 0.2) is 66.7 Å². The Balaban J connectivity index is 1.66. The zero-order valence-corrected chi connectivity index (χ0v) is 19.2. The molecule has 2 N–H and O–H groups in total. The van der Waals surface area contributed by atoms with E-state index in [9.17, 15) is 4.79 Å². The third-order valence-electron chi connectivity index (χ3n) is 5.49. The number of carbonyl (C=O) groups excluding carboxylic acids is 1. The summed E-state index contributed by atoms with van der Waals surface area (Å²) in [6, 6.07) is 22.0. The molecule has 0 radical (unpaired) electrons. The normalized spacial score (nSPS) is 11.2. The van der Waals surface area contributed by atoms with Crippen LogP contribution in [0.25, 0.3) is 22.0 Å². The van der Waals surface area contributed by atoms with Gasteiger partial charge in [0, 0.05) is 22.7 Å². The van der Waals surface area contributed by atoms with Crippen molar-refractivity contribution in [2.45, 2.75) is 39.8 Å². The van der Waals surface area contributed by atoms with E-state index in [1.807, 2.05) is 53.2 Å². The maximum absolute atomic E-state index is 12.0. The molecule has 6 nitrogen and oxygen atoms in total. The molecule has 0 aliphatic heterocycles. The van der Waals surface area contributed by atoms with Gasteiger partial charge in [-0.05, 0) is 62.2 Å². The lowest BCUT2D eigenvalue weighted by Gasteiger charge is -2.10. The van der Waals surface area contributed by atoms with E-state index in [0.717, 1.165) is 39.0 Å². The molecular formula is C27H29N3O3. The molecular weight excluding hydrogens is 414 g/mol. The summed E-state index contributed by atoms with van der Waals surface area (Å²) in [5.41, 5.74) is 11.5. The third kappa shape index (κ3) is 5.00. The van der Waals surface area contributed by atoms with Crippen molar-refractivity contribution in [3.8, 4) is 16.9 Å². The lowest BCUT2D eigenvalue weighted by molar-refractivity contribution is -0.142. The van der Waals surface area contributed by atoms with Gasteiger partial charge in [0.2, 0.25) is 0 Å². The van der Waals surface area contributed by atoms with Crippen LogP contribution >= 0.6 is 0 Å². The highest BCUT2D eigenvalue weighted by molar-refractivity contribution is 5.87. The van der Waals surface area contributed by atoms with Crippen molar-refractivity contribution in [3.63, 3.8) is 0 Å². The molecule has 0 aliphatic carbocycles. The topological polar surface area (TPSA) is 79.4 Å². The monoisotopic (exact) mass is 443 g/mol. The molecule has 0 bridgehead atoms. The van der Waals surface area contributed by atoms with Crippen molar-refractivity contribution in [1.82, 2.24) is 9.78 Å². The fourth-order valence-corrected chi connectivity index (χ4v) is 3.86. The van der Waals surface area contributed by atoms with Gasteiger partial charge in [0.15, 0.2) is 0 Å². The molecule has 0 unspecified atom stereocenters. The molecule has 0 spiro atoms. The molecule has 1 aromatic heterocycles. The third-order valence-corrected chi connectivity index (χ3v) is 5.49. The van der Waals surface area contributed by atoms with Crippen molar-refractivity contribution >= 4 is 22.6 Å². The first-order valence-electron chi connectivity index (χ1n) is 11.2. The second-order valence-electron chi connectivity index (χ2n) is 8.22. The Labute approximate surface area is 193 Å². The Morgan fingerprint density at radius 1 is 1.03 bits per heavy atom. The van der Waals surface area contributed by atoms with Gasteiger partial charge in [0.25, 0.3) is 0 Å². The molecule has 6 heteroatoms. The summed E-state index contributed by atoms with van der Waals surface area (Å²) in [5.74, 6) is 0.392. The zero-order chi connectivity index (χ0) is 23.4. The van der Waals surface area contributed by atoms with E-state index in [0.29, 0.717) is 19.0 Å². The summed E-state index contributed by atoms with van der Waals surface area (Å²) in [5, 5.41) is 5.90. The van der Waals surface area contributed by atoms with Gasteiger partial charge in [-0.25, -0.2) is 0 Å². The predicted molar refractivity (Wildman–Crippen MR) is 131 cm³/mol. The molecule has 0 amide bonds. The van der Waals surface area contributed by atoms with E-state index >= 15 is 0 Å². The van der Waals surface area contributed by atoms with Gasteiger partial charge < -0.3 is 15.2 Å². The largest absolute Gasteiger partial charge is 0.487 e. The number of nitrogens with two attached hydrogens (primary N) is 1. The first-order valence-corrected chi connectivity index (χ1v) is 11.2. The number of para-hydroxylation sites is 1. The maximum Gasteiger partial charge on any atom is 0.310 e. The second-order valence-corrected chi connectivity index (χ2v) is 8.22. The maximum atomic E-state index is 12.0. The number of anilines is 1. The number of nitrogen functional groups attached to an aromatic ring is 1. The Hall–Kier alpha value is -3.80. The summed E-state index contributed by atoms with van der Waals surface area (Å²) < 4.78 is 13.3. The van der Waals surface area contributed by atoms with E-state index in [1.54, 1.807) is 6.92 Å². The number of rotatable bonds is 8. The van der Waals surface area contributed by atoms with Crippen molar-refractivity contribution in [3.05, 3.63) is 78.0 Å². The molecule has 33 heavy (non-hydrogen) atoms. The van der Waals surface area contributed by atoms with E-state index in [-0.39, 0.29) is 18.4 Å². The average Bonchev–Trinajstić information content (AvgIpc) is 3.17. The van der Waals surface area contributed by atoms with Crippen molar-refractivity contribution in [2.24, 2.45) is 0 Å². The molecule has 0 saturated carbocycles. The smallest absolute Gasteiger partial charge is 0.310 e. The Morgan fingerprint density at radius 3 is 2.48 bits per heavy atom. The number of fused-ring (bicyclic) bond motifs is 1. The van der Waals surface area contributed by atoms with Gasteiger partial charge in [-0.1, -0.05) is 36.4 Å². The van der Waals surface area contributed by atoms with Crippen LogP contribution in [0.2, 0.25) is 0 Å². The first-order chi connectivity index (χ1) is 16.0. The average molecular weight is 444 g/mol. The van der Waals surface area contributed by atoms with Crippen molar-refractivity contribution < 1.29 is 14.3 Å². The number of aromatic nitrogens is 2. The van der Waals surface area contributed by atoms with Crippen molar-refractivity contribution in [2.75, 3.05) is 12.3 Å². The minimum atomic E-state index is -0.267. The van der Waals surface area contributed by atoms with Gasteiger partial charge in [0.1, 0.15) is 18.1 Å². The molecule has 4 rings (SSSR count). The number of benzene rings is 3. The van der Waals surface area contributed by atoms with Crippen LogP contribution in [0.1, 0.15) is 38.1 Å². The molecule has 3 aromatic carbocycles. The summed E-state index contributed by atoms with van der Waals surface area (Å²) in [4.78, 5) is 12.0. The highest BCUT2D eigenvalue weighted by Gasteiger charge is 2.16. The highest BCUT2D eigenvalue weighted by Crippen LogP contribution is 2.30. The van der Waals surface area contributed by atoms with Crippen LogP contribution in [0.3, 0.4) is 0 Å². The van der Waals surface area contributed by atoms with Gasteiger partial charge in [-0.2, -0.15) is 5.10 Å². The van der Waals surface area contributed by atoms with E-state index < -0.39 is 0 Å². The Kier molecular flexibility index (Phi) is 6.63. The Bertz CT molecular complexity index is 1260. The van der Waals surface area contributed by atoms with Crippen molar-refractivity contribution in [1.29, 1.82) is 0 Å². The van der Waals surface area contributed by atoms with Crippen LogP contribution in [0, 0.1) is 0 Å². The standard InChI is InChI=1S/C27H29N3O3/c1-4-32-27(31)16-21-7-5-6-8-26(21)33-17-24-23-15-20(19-9-12-22(28)13-10-19)11-14-25(23)30(29-24)18(2)3/h5-15,18H,4,16-17,28H2,1-3H3. The highest BCUT2D eigenvalue weighted by atomic mass is 16.5. The Morgan fingerprint density at radius 2 is 1.76 bits per heavy atom. The molecule has 4 aromatic rings. The van der Waals surface area contributed by atoms with Crippen LogP contribution in [0.5, 0.6) is 5.75 Å². The quantitative estimate of drug-likeness (QED) is 0.285. The zero-order valence-electron chi connectivity index (χ0n) is 19.2. The summed E-state index contributed by atoms with van der Waals surface area (Å²) in [6.07, 6.45) is 0.173. The fourth-order valence-electron chi connectivity index (χ4n) is 3.86. The molecule has 1 heterocycles. The fraction of sp³-hybridized carbons (Fsp3) is 0.259.